The zero-order chi connectivity index (χ0) is 16.4. The van der Waals surface area contributed by atoms with Gasteiger partial charge in [0, 0.05) is 32.2 Å². The molecule has 0 aliphatic heterocycles. The number of hydrogen-bond acceptors (Lipinski definition) is 5. The Morgan fingerprint density at radius 3 is 2.18 bits per heavy atom. The fourth-order valence-corrected chi connectivity index (χ4v) is 1.92. The quantitative estimate of drug-likeness (QED) is 0.618. The van der Waals surface area contributed by atoms with Crippen molar-refractivity contribution < 1.29 is 19.0 Å². The minimum atomic E-state index is -0.948. The molecule has 120 valence electrons. The number of nitrogens with zero attached hydrogens (tertiary/aromatic N) is 1. The maximum atomic E-state index is 10.7. The van der Waals surface area contributed by atoms with E-state index in [4.69, 9.17) is 14.2 Å². The van der Waals surface area contributed by atoms with Crippen LogP contribution in [-0.2, 0) is 19.0 Å². The summed E-state index contributed by atoms with van der Waals surface area (Å²) in [5.41, 5.74) is 0.565. The van der Waals surface area contributed by atoms with E-state index in [2.05, 4.69) is 4.98 Å². The number of hydrogen-bond donors (Lipinski definition) is 0. The molecule has 0 saturated carbocycles. The number of pyridine rings is 1. The highest BCUT2D eigenvalue weighted by Gasteiger charge is 2.39. The number of carbonyl (C=O) groups excluding carboxylic acids is 1. The van der Waals surface area contributed by atoms with Gasteiger partial charge in [-0.1, -0.05) is 12.1 Å². The summed E-state index contributed by atoms with van der Waals surface area (Å²) in [4.78, 5) is 14.5. The molecule has 1 aliphatic rings. The van der Waals surface area contributed by atoms with Crippen molar-refractivity contribution in [2.45, 2.75) is 31.8 Å². The van der Waals surface area contributed by atoms with E-state index in [9.17, 15) is 4.79 Å². The Labute approximate surface area is 131 Å². The van der Waals surface area contributed by atoms with Gasteiger partial charge in [-0.3, -0.25) is 9.78 Å². The summed E-state index contributed by atoms with van der Waals surface area (Å²) in [5.74, 6) is -0.948. The van der Waals surface area contributed by atoms with Gasteiger partial charge in [-0.05, 0) is 38.1 Å². The Bertz CT molecular complexity index is 466. The summed E-state index contributed by atoms with van der Waals surface area (Å²) >= 11 is 0. The molecule has 0 N–H and O–H groups in total. The molecule has 0 radical (unpaired) electrons. The van der Waals surface area contributed by atoms with Crippen molar-refractivity contribution in [2.24, 2.45) is 0 Å². The van der Waals surface area contributed by atoms with Crippen LogP contribution in [-0.4, -0.2) is 43.5 Å². The van der Waals surface area contributed by atoms with E-state index < -0.39 is 11.9 Å². The van der Waals surface area contributed by atoms with Crippen LogP contribution in [0.1, 0.15) is 13.8 Å². The largest absolute Gasteiger partial charge is 0.365 e. The van der Waals surface area contributed by atoms with Gasteiger partial charge < -0.3 is 14.2 Å². The van der Waals surface area contributed by atoms with E-state index in [0.717, 1.165) is 6.29 Å². The molecule has 2 rings (SSSR count). The lowest BCUT2D eigenvalue weighted by molar-refractivity contribution is -0.233. The minimum Gasteiger partial charge on any atom is -0.365 e. The monoisotopic (exact) mass is 305 g/mol. The highest BCUT2D eigenvalue weighted by Crippen LogP contribution is 2.28. The van der Waals surface area contributed by atoms with Crippen LogP contribution in [0.15, 0.2) is 54.4 Å². The van der Waals surface area contributed by atoms with E-state index in [1.165, 1.54) is 0 Å². The lowest BCUT2D eigenvalue weighted by Gasteiger charge is -2.36. The van der Waals surface area contributed by atoms with E-state index in [1.54, 1.807) is 44.8 Å². The molecule has 0 bridgehead atoms. The zero-order valence-electron chi connectivity index (χ0n) is 13.4. The summed E-state index contributed by atoms with van der Waals surface area (Å²) < 4.78 is 16.4. The van der Waals surface area contributed by atoms with Gasteiger partial charge in [-0.2, -0.15) is 0 Å². The highest BCUT2D eigenvalue weighted by molar-refractivity contribution is 5.78. The van der Waals surface area contributed by atoms with Crippen molar-refractivity contribution >= 4 is 6.29 Å². The molecule has 22 heavy (non-hydrogen) atoms. The van der Waals surface area contributed by atoms with Crippen LogP contribution in [0.25, 0.3) is 0 Å². The van der Waals surface area contributed by atoms with Gasteiger partial charge in [0.1, 0.15) is 12.4 Å². The number of ether oxygens (including phenoxy) is 3. The summed E-state index contributed by atoms with van der Waals surface area (Å²) in [7, 11) is 3.09. The molecule has 0 spiro atoms. The molecular formula is C17H23NO4. The van der Waals surface area contributed by atoms with Crippen LogP contribution < -0.4 is 0 Å². The average molecular weight is 305 g/mol. The van der Waals surface area contributed by atoms with Crippen molar-refractivity contribution in [3.05, 3.63) is 54.4 Å². The van der Waals surface area contributed by atoms with Gasteiger partial charge >= 0.3 is 0 Å². The van der Waals surface area contributed by atoms with Crippen molar-refractivity contribution in [3.8, 4) is 0 Å². The maximum absolute atomic E-state index is 10.7. The number of aromatic nitrogens is 1. The molecule has 1 unspecified atom stereocenters. The molecule has 1 atom stereocenters. The normalized spacial score (nSPS) is 19.1. The Kier molecular flexibility index (Phi) is 7.66. The van der Waals surface area contributed by atoms with Gasteiger partial charge in [0.15, 0.2) is 0 Å². The molecule has 1 aromatic heterocycles. The van der Waals surface area contributed by atoms with Gasteiger partial charge in [0.25, 0.3) is 0 Å². The van der Waals surface area contributed by atoms with E-state index in [-0.39, 0.29) is 6.10 Å². The predicted molar refractivity (Wildman–Crippen MR) is 84.3 cm³/mol. The van der Waals surface area contributed by atoms with Gasteiger partial charge in [-0.25, -0.2) is 0 Å². The first-order chi connectivity index (χ1) is 10.6. The summed E-state index contributed by atoms with van der Waals surface area (Å²) in [6.07, 6.45) is 8.95. The third-order valence-electron chi connectivity index (χ3n) is 3.01. The Balaban J connectivity index is 0.000000335. The minimum absolute atomic E-state index is 0.0188. The van der Waals surface area contributed by atoms with Crippen molar-refractivity contribution in [1.82, 2.24) is 4.98 Å². The SMILES string of the molecule is COC1(OC)C=CC(C=O)=CC1OC(C)C.c1ccncc1. The summed E-state index contributed by atoms with van der Waals surface area (Å²) in [5, 5.41) is 0. The Morgan fingerprint density at radius 2 is 1.82 bits per heavy atom. The number of methoxy groups -OCH3 is 2. The second kappa shape index (κ2) is 9.25. The molecule has 0 aromatic carbocycles. The first-order valence-electron chi connectivity index (χ1n) is 7.05. The summed E-state index contributed by atoms with van der Waals surface area (Å²) in [6.45, 7) is 3.84. The first-order valence-corrected chi connectivity index (χ1v) is 7.05. The van der Waals surface area contributed by atoms with Crippen molar-refractivity contribution in [3.63, 3.8) is 0 Å². The van der Waals surface area contributed by atoms with E-state index in [0.29, 0.717) is 5.57 Å². The van der Waals surface area contributed by atoms with Crippen molar-refractivity contribution in [1.29, 1.82) is 0 Å². The molecule has 1 aromatic rings. The Hall–Kier alpha value is -1.82. The second-order valence-electron chi connectivity index (χ2n) is 4.88. The van der Waals surface area contributed by atoms with Gasteiger partial charge in [0.05, 0.1) is 6.10 Å². The van der Waals surface area contributed by atoms with Gasteiger partial charge in [0.2, 0.25) is 5.79 Å². The van der Waals surface area contributed by atoms with Crippen LogP contribution in [0.5, 0.6) is 0 Å². The molecule has 0 amide bonds. The average Bonchev–Trinajstić information content (AvgIpc) is 2.56. The molecule has 0 fully saturated rings. The maximum Gasteiger partial charge on any atom is 0.218 e. The third-order valence-corrected chi connectivity index (χ3v) is 3.01. The van der Waals surface area contributed by atoms with Crippen molar-refractivity contribution in [2.75, 3.05) is 14.2 Å². The lowest BCUT2D eigenvalue weighted by atomic mass is 9.99. The van der Waals surface area contributed by atoms with Crippen LogP contribution >= 0.6 is 0 Å². The van der Waals surface area contributed by atoms with Gasteiger partial charge in [-0.15, -0.1) is 0 Å². The van der Waals surface area contributed by atoms with E-state index in [1.807, 2.05) is 32.0 Å². The zero-order valence-corrected chi connectivity index (χ0v) is 13.4. The molecule has 1 aliphatic carbocycles. The lowest BCUT2D eigenvalue weighted by Crippen LogP contribution is -2.47. The fraction of sp³-hybridized carbons (Fsp3) is 0.412. The predicted octanol–water partition coefficient (Wildman–Crippen LogP) is 2.55. The smallest absolute Gasteiger partial charge is 0.218 e. The molecule has 1 heterocycles. The highest BCUT2D eigenvalue weighted by atomic mass is 16.7. The molecule has 5 nitrogen and oxygen atoms in total. The van der Waals surface area contributed by atoms with Crippen LogP contribution in [0, 0.1) is 0 Å². The third kappa shape index (κ3) is 5.18. The second-order valence-corrected chi connectivity index (χ2v) is 4.88. The summed E-state index contributed by atoms with van der Waals surface area (Å²) in [6, 6.07) is 5.72. The number of aldehydes is 1. The molecular weight excluding hydrogens is 282 g/mol. The van der Waals surface area contributed by atoms with Crippen LogP contribution in [0.3, 0.4) is 0 Å². The topological polar surface area (TPSA) is 57.7 Å². The van der Waals surface area contributed by atoms with E-state index >= 15 is 0 Å². The number of carbonyl (C=O) groups is 1. The Morgan fingerprint density at radius 1 is 1.18 bits per heavy atom. The first kappa shape index (κ1) is 18.2. The number of rotatable bonds is 5. The molecule has 5 heteroatoms. The molecule has 0 saturated heterocycles. The van der Waals surface area contributed by atoms with Crippen LogP contribution in [0.4, 0.5) is 0 Å². The standard InChI is InChI=1S/C12H18O4.C5H5N/c1-9(2)16-11-7-10(8-13)5-6-12(11,14-3)15-4;1-2-4-6-5-3-1/h5-9,11H,1-4H3;1-5H. The number of allylic oxidation sites excluding steroid dienone is 2. The van der Waals surface area contributed by atoms with Crippen LogP contribution in [0.2, 0.25) is 0 Å². The fourth-order valence-electron chi connectivity index (χ4n) is 1.92.